The summed E-state index contributed by atoms with van der Waals surface area (Å²) in [5.41, 5.74) is -1.02. The normalized spacial score (nSPS) is 20.2. The monoisotopic (exact) mass is 537 g/mol. The maximum Gasteiger partial charge on any atom is 0.416 e. The van der Waals surface area contributed by atoms with Crippen molar-refractivity contribution in [3.05, 3.63) is 46.2 Å². The molecule has 0 spiro atoms. The van der Waals surface area contributed by atoms with Gasteiger partial charge in [-0.2, -0.15) is 13.2 Å². The molecule has 34 heavy (non-hydrogen) atoms. The van der Waals surface area contributed by atoms with E-state index in [1.165, 1.54) is 11.4 Å². The van der Waals surface area contributed by atoms with Crippen LogP contribution in [-0.2, 0) is 25.9 Å². The van der Waals surface area contributed by atoms with E-state index in [1.807, 2.05) is 0 Å². The molecule has 1 fully saturated rings. The number of sulfone groups is 2. The highest BCUT2D eigenvalue weighted by Gasteiger charge is 2.37. The summed E-state index contributed by atoms with van der Waals surface area (Å²) in [6.07, 6.45) is -3.69. The van der Waals surface area contributed by atoms with E-state index in [0.717, 1.165) is 29.5 Å². The Labute approximate surface area is 201 Å². The minimum absolute atomic E-state index is 0.0386. The van der Waals surface area contributed by atoms with Crippen LogP contribution < -0.4 is 5.32 Å². The van der Waals surface area contributed by atoms with Crippen LogP contribution in [0.3, 0.4) is 0 Å². The predicted molar refractivity (Wildman–Crippen MR) is 123 cm³/mol. The Bertz CT molecular complexity index is 1270. The minimum Gasteiger partial charge on any atom is -0.349 e. The summed E-state index contributed by atoms with van der Waals surface area (Å²) in [5, 5.41) is 3.46. The van der Waals surface area contributed by atoms with Crippen LogP contribution in [-0.4, -0.2) is 38.8 Å². The largest absolute Gasteiger partial charge is 0.416 e. The Morgan fingerprint density at radius 2 is 1.62 bits per heavy atom. The Hall–Kier alpha value is -1.92. The molecule has 0 aliphatic heterocycles. The number of thiophene rings is 1. The van der Waals surface area contributed by atoms with E-state index in [0.29, 0.717) is 18.9 Å². The molecule has 2 aromatic rings. The van der Waals surface area contributed by atoms with Gasteiger partial charge in [0, 0.05) is 6.04 Å². The van der Waals surface area contributed by atoms with Gasteiger partial charge in [-0.3, -0.25) is 4.79 Å². The van der Waals surface area contributed by atoms with Crippen LogP contribution in [0.15, 0.2) is 45.5 Å². The Morgan fingerprint density at radius 1 is 1.00 bits per heavy atom. The van der Waals surface area contributed by atoms with E-state index in [1.54, 1.807) is 20.8 Å². The summed E-state index contributed by atoms with van der Waals surface area (Å²) in [5.74, 6) is -0.540. The summed E-state index contributed by atoms with van der Waals surface area (Å²) in [4.78, 5) is 12.5. The van der Waals surface area contributed by atoms with Gasteiger partial charge < -0.3 is 5.32 Å². The number of hydrogen-bond donors (Lipinski definition) is 1. The van der Waals surface area contributed by atoms with E-state index < -0.39 is 47.3 Å². The first-order valence-corrected chi connectivity index (χ1v) is 14.5. The van der Waals surface area contributed by atoms with Crippen LogP contribution >= 0.6 is 11.3 Å². The maximum atomic E-state index is 13.0. The molecule has 1 amide bonds. The number of nitrogens with one attached hydrogen (secondary N) is 1. The zero-order valence-corrected chi connectivity index (χ0v) is 21.3. The molecule has 1 aliphatic carbocycles. The van der Waals surface area contributed by atoms with Crippen LogP contribution in [0.2, 0.25) is 0 Å². The van der Waals surface area contributed by atoms with Crippen LogP contribution in [0.25, 0.3) is 0 Å². The summed E-state index contributed by atoms with van der Waals surface area (Å²) < 4.78 is 89.3. The second-order valence-electron chi connectivity index (χ2n) is 9.25. The molecule has 1 saturated carbocycles. The zero-order chi connectivity index (χ0) is 25.5. The fourth-order valence-corrected chi connectivity index (χ4v) is 8.15. The molecule has 1 aromatic heterocycles. The number of benzene rings is 1. The van der Waals surface area contributed by atoms with Crippen LogP contribution in [0.4, 0.5) is 13.2 Å². The van der Waals surface area contributed by atoms with Crippen molar-refractivity contribution in [2.45, 2.75) is 78.5 Å². The SMILES string of the molecule is CC(C)(C)S(=O)(=O)c1ccsc1C(=O)NC1CCC(S(=O)(=O)c2cccc(C(F)(F)F)c2)CC1. The summed E-state index contributed by atoms with van der Waals surface area (Å²) >= 11 is 1.02. The van der Waals surface area contributed by atoms with E-state index in [-0.39, 0.29) is 33.6 Å². The van der Waals surface area contributed by atoms with Gasteiger partial charge in [0.15, 0.2) is 19.7 Å². The van der Waals surface area contributed by atoms with Gasteiger partial charge in [-0.05, 0) is 76.1 Å². The third-order valence-corrected chi connectivity index (χ3v) is 11.7. The lowest BCUT2D eigenvalue weighted by atomic mass is 9.95. The highest BCUT2D eigenvalue weighted by atomic mass is 32.2. The summed E-state index contributed by atoms with van der Waals surface area (Å²) in [7, 11) is -7.70. The molecule has 188 valence electrons. The summed E-state index contributed by atoms with van der Waals surface area (Å²) in [6, 6.07) is 4.74. The van der Waals surface area contributed by atoms with E-state index in [9.17, 15) is 34.8 Å². The number of amides is 1. The molecule has 1 aliphatic rings. The lowest BCUT2D eigenvalue weighted by molar-refractivity contribution is -0.137. The van der Waals surface area contributed by atoms with Gasteiger partial charge >= 0.3 is 6.18 Å². The summed E-state index contributed by atoms with van der Waals surface area (Å²) in [6.45, 7) is 4.65. The maximum absolute atomic E-state index is 13.0. The average molecular weight is 538 g/mol. The van der Waals surface area contributed by atoms with Crippen molar-refractivity contribution in [2.24, 2.45) is 0 Å². The van der Waals surface area contributed by atoms with Crippen molar-refractivity contribution < 1.29 is 34.8 Å². The first-order chi connectivity index (χ1) is 15.5. The molecule has 0 saturated heterocycles. The number of carbonyl (C=O) groups excluding carboxylic acids is 1. The molecular weight excluding hydrogens is 511 g/mol. The Kier molecular flexibility index (Phi) is 7.27. The van der Waals surface area contributed by atoms with E-state index >= 15 is 0 Å². The molecule has 1 aromatic carbocycles. The van der Waals surface area contributed by atoms with Gasteiger partial charge in [-0.15, -0.1) is 11.3 Å². The van der Waals surface area contributed by atoms with Gasteiger partial charge in [0.2, 0.25) is 0 Å². The molecule has 0 atom stereocenters. The minimum atomic E-state index is -4.64. The molecule has 6 nitrogen and oxygen atoms in total. The van der Waals surface area contributed by atoms with Crippen molar-refractivity contribution in [3.63, 3.8) is 0 Å². The van der Waals surface area contributed by atoms with Crippen LogP contribution in [0.5, 0.6) is 0 Å². The van der Waals surface area contributed by atoms with Gasteiger partial charge in [0.25, 0.3) is 5.91 Å². The third-order valence-electron chi connectivity index (χ3n) is 5.87. The zero-order valence-electron chi connectivity index (χ0n) is 18.8. The second-order valence-corrected chi connectivity index (χ2v) is 15.1. The molecular formula is C22H26F3NO5S3. The average Bonchev–Trinajstić information content (AvgIpc) is 3.24. The highest BCUT2D eigenvalue weighted by Crippen LogP contribution is 2.34. The molecule has 0 unspecified atom stereocenters. The molecule has 1 heterocycles. The first kappa shape index (κ1) is 26.7. The number of hydrogen-bond acceptors (Lipinski definition) is 6. The molecule has 0 bridgehead atoms. The Morgan fingerprint density at radius 3 is 2.18 bits per heavy atom. The van der Waals surface area contributed by atoms with Crippen molar-refractivity contribution in [2.75, 3.05) is 0 Å². The Balaban J connectivity index is 1.69. The number of rotatable bonds is 5. The van der Waals surface area contributed by atoms with Crippen molar-refractivity contribution in [1.29, 1.82) is 0 Å². The van der Waals surface area contributed by atoms with Crippen molar-refractivity contribution in [1.82, 2.24) is 5.32 Å². The fourth-order valence-electron chi connectivity index (χ4n) is 3.81. The fraction of sp³-hybridized carbons (Fsp3) is 0.500. The smallest absolute Gasteiger partial charge is 0.349 e. The highest BCUT2D eigenvalue weighted by molar-refractivity contribution is 7.93. The number of alkyl halides is 3. The van der Waals surface area contributed by atoms with Crippen LogP contribution in [0.1, 0.15) is 61.7 Å². The van der Waals surface area contributed by atoms with Gasteiger partial charge in [0.05, 0.1) is 25.4 Å². The van der Waals surface area contributed by atoms with Crippen LogP contribution in [0, 0.1) is 0 Å². The van der Waals surface area contributed by atoms with E-state index in [4.69, 9.17) is 0 Å². The van der Waals surface area contributed by atoms with E-state index in [2.05, 4.69) is 5.32 Å². The lowest BCUT2D eigenvalue weighted by Gasteiger charge is -2.29. The van der Waals surface area contributed by atoms with Crippen molar-refractivity contribution >= 4 is 36.9 Å². The van der Waals surface area contributed by atoms with Crippen molar-refractivity contribution in [3.8, 4) is 0 Å². The molecule has 3 rings (SSSR count). The quantitative estimate of drug-likeness (QED) is 0.588. The number of carbonyl (C=O) groups is 1. The first-order valence-electron chi connectivity index (χ1n) is 10.6. The van der Waals surface area contributed by atoms with Gasteiger partial charge in [0.1, 0.15) is 4.88 Å². The lowest BCUT2D eigenvalue weighted by Crippen LogP contribution is -2.40. The molecule has 0 radical (unpaired) electrons. The van der Waals surface area contributed by atoms with Gasteiger partial charge in [-0.25, -0.2) is 16.8 Å². The standard InChI is InChI=1S/C22H26F3NO5S3/c1-21(2,3)34(30,31)18-11-12-32-19(18)20(27)26-15-7-9-16(10-8-15)33(28,29)17-6-4-5-14(13-17)22(23,24)25/h4-6,11-13,15-16H,7-10H2,1-3H3,(H,26,27). The van der Waals surface area contributed by atoms with Gasteiger partial charge in [-0.1, -0.05) is 6.07 Å². The molecule has 1 N–H and O–H groups in total. The third kappa shape index (κ3) is 5.33. The number of halogens is 3. The second kappa shape index (κ2) is 9.27. The molecule has 12 heteroatoms. The topological polar surface area (TPSA) is 97.4 Å². The predicted octanol–water partition coefficient (Wildman–Crippen LogP) is 4.85.